The highest BCUT2D eigenvalue weighted by atomic mass is 35.5. The average molecular weight is 480 g/mol. The predicted octanol–water partition coefficient (Wildman–Crippen LogP) is 4.27. The van der Waals surface area contributed by atoms with Crippen molar-refractivity contribution in [1.29, 1.82) is 0 Å². The van der Waals surface area contributed by atoms with Gasteiger partial charge in [0.25, 0.3) is 0 Å². The summed E-state index contributed by atoms with van der Waals surface area (Å²) >= 11 is 7.27. The second-order valence-electron chi connectivity index (χ2n) is 7.57. The first-order valence-electron chi connectivity index (χ1n) is 10.0. The lowest BCUT2D eigenvalue weighted by Crippen LogP contribution is -2.37. The van der Waals surface area contributed by atoms with Gasteiger partial charge in [0.05, 0.1) is 15.1 Å². The van der Waals surface area contributed by atoms with Crippen LogP contribution in [0, 0.1) is 0 Å². The molecule has 0 N–H and O–H groups in total. The van der Waals surface area contributed by atoms with Crippen LogP contribution in [0.25, 0.3) is 10.2 Å². The number of benzene rings is 2. The van der Waals surface area contributed by atoms with Gasteiger partial charge in [0.15, 0.2) is 15.0 Å². The number of anilines is 1. The number of aromatic nitrogens is 1. The van der Waals surface area contributed by atoms with Gasteiger partial charge in [-0.2, -0.15) is 0 Å². The molecule has 2 aromatic carbocycles. The summed E-state index contributed by atoms with van der Waals surface area (Å²) in [5.41, 5.74) is 2.00. The van der Waals surface area contributed by atoms with E-state index >= 15 is 0 Å². The number of thiazole rings is 1. The average Bonchev–Trinajstić information content (AvgIpc) is 3.13. The Kier molecular flexibility index (Phi) is 7.69. The summed E-state index contributed by atoms with van der Waals surface area (Å²) in [6.07, 6.45) is 1.61. The summed E-state index contributed by atoms with van der Waals surface area (Å²) < 4.78 is 26.6. The summed E-state index contributed by atoms with van der Waals surface area (Å²) in [5.74, 6) is -1.10. The minimum absolute atomic E-state index is 0.0791. The van der Waals surface area contributed by atoms with E-state index in [1.807, 2.05) is 31.1 Å². The molecule has 0 radical (unpaired) electrons. The van der Waals surface area contributed by atoms with Crippen LogP contribution in [0.1, 0.15) is 18.9 Å². The highest BCUT2D eigenvalue weighted by Gasteiger charge is 2.26. The topological polar surface area (TPSA) is 70.6 Å². The van der Waals surface area contributed by atoms with Crippen LogP contribution in [0.15, 0.2) is 47.4 Å². The summed E-state index contributed by atoms with van der Waals surface area (Å²) in [7, 11) is 0.124. The van der Waals surface area contributed by atoms with Crippen molar-refractivity contribution in [2.45, 2.75) is 24.7 Å². The number of sulfone groups is 1. The molecule has 1 aromatic heterocycles. The number of carbonyl (C=O) groups excluding carboxylic acids is 1. The van der Waals surface area contributed by atoms with E-state index < -0.39 is 21.5 Å². The second-order valence-corrected chi connectivity index (χ2v) is 11.0. The van der Waals surface area contributed by atoms with Gasteiger partial charge < -0.3 is 4.90 Å². The fourth-order valence-electron chi connectivity index (χ4n) is 3.13. The van der Waals surface area contributed by atoms with Gasteiger partial charge >= 0.3 is 0 Å². The molecule has 0 unspecified atom stereocenters. The number of hydrogen-bond acceptors (Lipinski definition) is 6. The molecule has 0 spiro atoms. The molecule has 0 atom stereocenters. The molecule has 0 saturated carbocycles. The lowest BCUT2D eigenvalue weighted by atomic mass is 10.2. The number of nitrogens with zero attached hydrogens (tertiary/aromatic N) is 3. The number of fused-ring (bicyclic) bond motifs is 1. The molecule has 3 rings (SSSR count). The van der Waals surface area contributed by atoms with Crippen LogP contribution in [-0.4, -0.2) is 57.1 Å². The predicted molar refractivity (Wildman–Crippen MR) is 128 cm³/mol. The molecule has 0 bridgehead atoms. The fourth-order valence-corrected chi connectivity index (χ4v) is 5.53. The zero-order chi connectivity index (χ0) is 22.6. The van der Waals surface area contributed by atoms with Crippen LogP contribution >= 0.6 is 22.9 Å². The highest BCUT2D eigenvalue weighted by Crippen LogP contribution is 2.30. The van der Waals surface area contributed by atoms with E-state index in [2.05, 4.69) is 18.0 Å². The quantitative estimate of drug-likeness (QED) is 0.458. The molecule has 31 heavy (non-hydrogen) atoms. The molecule has 6 nitrogen and oxygen atoms in total. The van der Waals surface area contributed by atoms with E-state index in [1.165, 1.54) is 46.1 Å². The Morgan fingerprint density at radius 1 is 1.10 bits per heavy atom. The van der Waals surface area contributed by atoms with Crippen molar-refractivity contribution in [3.8, 4) is 0 Å². The standard InChI is InChI=1S/C22H26ClN3O3S2/c1-4-16-6-11-19-20(14-16)30-22(24-19)26(13-5-12-25(2)3)21(27)15-31(28,29)18-9-7-17(23)8-10-18/h6-11,14H,4-5,12-13,15H2,1-3H3. The molecule has 0 aliphatic rings. The molecule has 1 amide bonds. The Labute approximate surface area is 192 Å². The van der Waals surface area contributed by atoms with Gasteiger partial charge in [-0.3, -0.25) is 9.69 Å². The Hall–Kier alpha value is -2.00. The van der Waals surface area contributed by atoms with Gasteiger partial charge in [0.1, 0.15) is 5.75 Å². The van der Waals surface area contributed by atoms with Gasteiger partial charge in [-0.25, -0.2) is 13.4 Å². The first-order chi connectivity index (χ1) is 14.7. The molecule has 9 heteroatoms. The minimum Gasteiger partial charge on any atom is -0.309 e. The van der Waals surface area contributed by atoms with E-state index in [1.54, 1.807) is 0 Å². The summed E-state index contributed by atoms with van der Waals surface area (Å²) in [6.45, 7) is 3.26. The number of amides is 1. The Morgan fingerprint density at radius 2 is 1.81 bits per heavy atom. The van der Waals surface area contributed by atoms with Crippen molar-refractivity contribution in [3.63, 3.8) is 0 Å². The van der Waals surface area contributed by atoms with Crippen molar-refractivity contribution in [3.05, 3.63) is 53.1 Å². The third-order valence-corrected chi connectivity index (χ3v) is 7.77. The monoisotopic (exact) mass is 479 g/mol. The lowest BCUT2D eigenvalue weighted by molar-refractivity contribution is -0.116. The Balaban J connectivity index is 1.89. The molecular weight excluding hydrogens is 454 g/mol. The number of carbonyl (C=O) groups is 1. The molecule has 0 fully saturated rings. The van der Waals surface area contributed by atoms with E-state index in [0.717, 1.165) is 23.2 Å². The van der Waals surface area contributed by atoms with Gasteiger partial charge in [-0.05, 0) is 75.4 Å². The SMILES string of the molecule is CCc1ccc2nc(N(CCCN(C)C)C(=O)CS(=O)(=O)c3ccc(Cl)cc3)sc2c1. The molecule has 3 aromatic rings. The second kappa shape index (κ2) is 10.1. The number of halogens is 1. The van der Waals surface area contributed by atoms with Gasteiger partial charge in [-0.1, -0.05) is 35.9 Å². The van der Waals surface area contributed by atoms with Crippen LogP contribution in [0.3, 0.4) is 0 Å². The maximum absolute atomic E-state index is 13.1. The highest BCUT2D eigenvalue weighted by molar-refractivity contribution is 7.92. The van der Waals surface area contributed by atoms with Gasteiger partial charge in [0, 0.05) is 11.6 Å². The van der Waals surface area contributed by atoms with Gasteiger partial charge in [0.2, 0.25) is 5.91 Å². The summed E-state index contributed by atoms with van der Waals surface area (Å²) in [5, 5.41) is 0.967. The summed E-state index contributed by atoms with van der Waals surface area (Å²) in [4.78, 5) is 21.4. The van der Waals surface area contributed by atoms with Crippen molar-refractivity contribution >= 4 is 54.0 Å². The van der Waals surface area contributed by atoms with Crippen LogP contribution in [0.4, 0.5) is 5.13 Å². The Morgan fingerprint density at radius 3 is 2.45 bits per heavy atom. The van der Waals surface area contributed by atoms with Crippen LogP contribution in [-0.2, 0) is 21.1 Å². The number of hydrogen-bond donors (Lipinski definition) is 0. The number of rotatable bonds is 9. The van der Waals surface area contributed by atoms with Crippen molar-refractivity contribution < 1.29 is 13.2 Å². The van der Waals surface area contributed by atoms with E-state index in [9.17, 15) is 13.2 Å². The van der Waals surface area contributed by atoms with E-state index in [4.69, 9.17) is 11.6 Å². The van der Waals surface area contributed by atoms with Crippen LogP contribution in [0.2, 0.25) is 5.02 Å². The molecule has 0 aliphatic carbocycles. The molecular formula is C22H26ClN3O3S2. The molecule has 1 heterocycles. The van der Waals surface area contributed by atoms with Crippen LogP contribution in [0.5, 0.6) is 0 Å². The third-order valence-electron chi connectivity index (χ3n) is 4.86. The van der Waals surface area contributed by atoms with Crippen molar-refractivity contribution in [1.82, 2.24) is 9.88 Å². The molecule has 166 valence electrons. The van der Waals surface area contributed by atoms with Crippen molar-refractivity contribution in [2.75, 3.05) is 37.8 Å². The minimum atomic E-state index is -3.79. The fraction of sp³-hybridized carbons (Fsp3) is 0.364. The maximum Gasteiger partial charge on any atom is 0.244 e. The first-order valence-corrected chi connectivity index (χ1v) is 12.9. The van der Waals surface area contributed by atoms with E-state index in [-0.39, 0.29) is 4.90 Å². The van der Waals surface area contributed by atoms with E-state index in [0.29, 0.717) is 23.1 Å². The smallest absolute Gasteiger partial charge is 0.244 e. The Bertz CT molecular complexity index is 1160. The normalized spacial score (nSPS) is 11.9. The number of aryl methyl sites for hydroxylation is 1. The van der Waals surface area contributed by atoms with Gasteiger partial charge in [-0.15, -0.1) is 0 Å². The third kappa shape index (κ3) is 6.04. The van der Waals surface area contributed by atoms with Crippen molar-refractivity contribution in [2.24, 2.45) is 0 Å². The largest absolute Gasteiger partial charge is 0.309 e. The molecule has 0 aliphatic heterocycles. The lowest BCUT2D eigenvalue weighted by Gasteiger charge is -2.21. The zero-order valence-corrected chi connectivity index (χ0v) is 20.2. The van der Waals surface area contributed by atoms with Crippen LogP contribution < -0.4 is 4.90 Å². The molecule has 0 saturated heterocycles. The first kappa shape index (κ1) is 23.7. The summed E-state index contributed by atoms with van der Waals surface area (Å²) in [6, 6.07) is 11.9. The zero-order valence-electron chi connectivity index (χ0n) is 17.8. The maximum atomic E-state index is 13.1.